The molecule has 2 heteroatoms. The molecule has 0 spiro atoms. The maximum absolute atomic E-state index is 5.49. The zero-order valence-corrected chi connectivity index (χ0v) is 9.83. The van der Waals surface area contributed by atoms with E-state index in [0.29, 0.717) is 12.1 Å². The normalized spacial score (nSPS) is 40.9. The molecule has 0 aromatic heterocycles. The second-order valence-electron chi connectivity index (χ2n) is 5.30. The van der Waals surface area contributed by atoms with Crippen LogP contribution < -0.4 is 0 Å². The summed E-state index contributed by atoms with van der Waals surface area (Å²) >= 11 is 0. The van der Waals surface area contributed by atoms with Gasteiger partial charge in [-0.1, -0.05) is 0 Å². The summed E-state index contributed by atoms with van der Waals surface area (Å²) in [5.41, 5.74) is 0. The average Bonchev–Trinajstić information content (AvgIpc) is 2.29. The van der Waals surface area contributed by atoms with E-state index in [9.17, 15) is 0 Å². The molecule has 82 valence electrons. The van der Waals surface area contributed by atoms with Gasteiger partial charge in [-0.25, -0.2) is 0 Å². The van der Waals surface area contributed by atoms with E-state index in [0.717, 1.165) is 5.92 Å². The number of hydrogen-bond acceptors (Lipinski definition) is 1. The first-order valence-corrected chi connectivity index (χ1v) is 6.06. The third-order valence-electron chi connectivity index (χ3n) is 4.86. The van der Waals surface area contributed by atoms with E-state index >= 15 is 0 Å². The molecular formula is C12H24NO+. The van der Waals surface area contributed by atoms with Gasteiger partial charge in [-0.3, -0.25) is 0 Å². The third-order valence-corrected chi connectivity index (χ3v) is 4.86. The van der Waals surface area contributed by atoms with Crippen molar-refractivity contribution < 1.29 is 9.22 Å². The van der Waals surface area contributed by atoms with Crippen molar-refractivity contribution >= 4 is 0 Å². The second kappa shape index (κ2) is 3.82. The minimum Gasteiger partial charge on any atom is -0.376 e. The number of quaternary nitrogens is 1. The fourth-order valence-electron chi connectivity index (χ4n) is 3.34. The van der Waals surface area contributed by atoms with Crippen LogP contribution in [-0.4, -0.2) is 43.4 Å². The SMILES string of the molecule is CO[C@H](C)[C@H](C)[N+]12CCC(CC1)CC2. The van der Waals surface area contributed by atoms with Crippen LogP contribution in [0.1, 0.15) is 33.1 Å². The predicted molar refractivity (Wildman–Crippen MR) is 58.1 cm³/mol. The van der Waals surface area contributed by atoms with Gasteiger partial charge in [0.15, 0.2) is 0 Å². The first-order chi connectivity index (χ1) is 6.68. The molecule has 0 amide bonds. The summed E-state index contributed by atoms with van der Waals surface area (Å²) in [6, 6.07) is 0.682. The van der Waals surface area contributed by atoms with Crippen molar-refractivity contribution in [2.24, 2.45) is 5.92 Å². The van der Waals surface area contributed by atoms with Crippen LogP contribution in [0.5, 0.6) is 0 Å². The summed E-state index contributed by atoms with van der Waals surface area (Å²) in [5, 5.41) is 0. The van der Waals surface area contributed by atoms with Crippen LogP contribution >= 0.6 is 0 Å². The van der Waals surface area contributed by atoms with Gasteiger partial charge in [0.05, 0.1) is 19.6 Å². The Balaban J connectivity index is 2.06. The molecule has 3 aliphatic heterocycles. The van der Waals surface area contributed by atoms with Gasteiger partial charge in [-0.05, 0) is 39.0 Å². The van der Waals surface area contributed by atoms with E-state index in [1.807, 2.05) is 7.11 Å². The molecule has 0 aromatic rings. The Labute approximate surface area is 87.8 Å². The summed E-state index contributed by atoms with van der Waals surface area (Å²) in [7, 11) is 1.84. The zero-order valence-electron chi connectivity index (χ0n) is 9.83. The van der Waals surface area contributed by atoms with Crippen LogP contribution in [0.2, 0.25) is 0 Å². The van der Waals surface area contributed by atoms with Crippen LogP contribution in [0.4, 0.5) is 0 Å². The molecule has 0 aromatic carbocycles. The van der Waals surface area contributed by atoms with Crippen molar-refractivity contribution in [2.45, 2.75) is 45.3 Å². The van der Waals surface area contributed by atoms with Crippen LogP contribution in [-0.2, 0) is 4.74 Å². The highest BCUT2D eigenvalue weighted by Gasteiger charge is 2.44. The minimum atomic E-state index is 0.407. The lowest BCUT2D eigenvalue weighted by atomic mass is 9.84. The standard InChI is InChI=1S/C12H24NO/c1-10(11(2)14-3)13-7-4-12(5-8-13)6-9-13/h10-12H,4-9H2,1-3H3/q+1/t10-,11+,12?,13?/m0/s1. The van der Waals surface area contributed by atoms with E-state index in [1.54, 1.807) is 0 Å². The van der Waals surface area contributed by atoms with Crippen molar-refractivity contribution in [3.8, 4) is 0 Å². The minimum absolute atomic E-state index is 0.407. The van der Waals surface area contributed by atoms with Crippen molar-refractivity contribution in [3.05, 3.63) is 0 Å². The van der Waals surface area contributed by atoms with Gasteiger partial charge in [0.2, 0.25) is 0 Å². The number of hydrogen-bond donors (Lipinski definition) is 0. The van der Waals surface area contributed by atoms with Gasteiger partial charge in [-0.2, -0.15) is 0 Å². The van der Waals surface area contributed by atoms with Crippen LogP contribution in [0, 0.1) is 5.92 Å². The Morgan fingerprint density at radius 1 is 1.07 bits per heavy atom. The molecule has 3 aliphatic rings. The Hall–Kier alpha value is -0.0800. The smallest absolute Gasteiger partial charge is 0.112 e. The van der Waals surface area contributed by atoms with Crippen molar-refractivity contribution in [2.75, 3.05) is 26.7 Å². The Morgan fingerprint density at radius 3 is 2.00 bits per heavy atom. The molecule has 2 nitrogen and oxygen atoms in total. The summed E-state index contributed by atoms with van der Waals surface area (Å²) in [5.74, 6) is 1.06. The van der Waals surface area contributed by atoms with E-state index in [2.05, 4.69) is 13.8 Å². The van der Waals surface area contributed by atoms with Crippen LogP contribution in [0.25, 0.3) is 0 Å². The Bertz CT molecular complexity index is 183. The average molecular weight is 198 g/mol. The quantitative estimate of drug-likeness (QED) is 0.631. The van der Waals surface area contributed by atoms with E-state index in [4.69, 9.17) is 4.74 Å². The second-order valence-corrected chi connectivity index (χ2v) is 5.30. The highest BCUT2D eigenvalue weighted by molar-refractivity contribution is 4.76. The topological polar surface area (TPSA) is 9.23 Å². The molecule has 14 heavy (non-hydrogen) atoms. The largest absolute Gasteiger partial charge is 0.376 e. The van der Waals surface area contributed by atoms with Gasteiger partial charge in [0, 0.05) is 7.11 Å². The number of rotatable bonds is 3. The number of methoxy groups -OCH3 is 1. The molecule has 3 rings (SSSR count). The molecule has 0 radical (unpaired) electrons. The lowest BCUT2D eigenvalue weighted by molar-refractivity contribution is -0.966. The van der Waals surface area contributed by atoms with E-state index in [1.165, 1.54) is 43.4 Å². The molecule has 0 saturated carbocycles. The van der Waals surface area contributed by atoms with Gasteiger partial charge in [0.25, 0.3) is 0 Å². The number of ether oxygens (including phenoxy) is 1. The molecule has 2 bridgehead atoms. The Kier molecular flexibility index (Phi) is 2.85. The molecule has 3 heterocycles. The van der Waals surface area contributed by atoms with Gasteiger partial charge in [-0.15, -0.1) is 0 Å². The summed E-state index contributed by atoms with van der Waals surface area (Å²) in [4.78, 5) is 0. The van der Waals surface area contributed by atoms with Gasteiger partial charge in [0.1, 0.15) is 12.1 Å². The van der Waals surface area contributed by atoms with Gasteiger partial charge >= 0.3 is 0 Å². The maximum atomic E-state index is 5.49. The zero-order chi connectivity index (χ0) is 10.2. The molecule has 0 unspecified atom stereocenters. The maximum Gasteiger partial charge on any atom is 0.112 e. The summed E-state index contributed by atoms with van der Waals surface area (Å²) in [6.45, 7) is 8.80. The van der Waals surface area contributed by atoms with Crippen LogP contribution in [0.3, 0.4) is 0 Å². The predicted octanol–water partition coefficient (Wildman–Crippen LogP) is 2.04. The summed E-state index contributed by atoms with van der Waals surface area (Å²) in [6.07, 6.45) is 4.78. The number of fused-ring (bicyclic) bond motifs is 3. The molecule has 2 atom stereocenters. The van der Waals surface area contributed by atoms with Crippen LogP contribution in [0.15, 0.2) is 0 Å². The molecular weight excluding hydrogens is 174 g/mol. The molecule has 3 saturated heterocycles. The first-order valence-electron chi connectivity index (χ1n) is 6.06. The lowest BCUT2D eigenvalue weighted by Crippen LogP contribution is -2.65. The molecule has 0 aliphatic carbocycles. The lowest BCUT2D eigenvalue weighted by Gasteiger charge is -2.53. The third kappa shape index (κ3) is 1.59. The van der Waals surface area contributed by atoms with E-state index in [-0.39, 0.29) is 0 Å². The fourth-order valence-corrected chi connectivity index (χ4v) is 3.34. The van der Waals surface area contributed by atoms with Crippen molar-refractivity contribution in [3.63, 3.8) is 0 Å². The van der Waals surface area contributed by atoms with Gasteiger partial charge < -0.3 is 9.22 Å². The molecule has 0 N–H and O–H groups in total. The summed E-state index contributed by atoms with van der Waals surface area (Å²) < 4.78 is 6.83. The number of nitrogens with zero attached hydrogens (tertiary/aromatic N) is 1. The number of piperidine rings is 3. The monoisotopic (exact) mass is 198 g/mol. The Morgan fingerprint density at radius 2 is 1.57 bits per heavy atom. The highest BCUT2D eigenvalue weighted by atomic mass is 16.5. The molecule has 3 fully saturated rings. The van der Waals surface area contributed by atoms with Crippen molar-refractivity contribution in [1.82, 2.24) is 0 Å². The van der Waals surface area contributed by atoms with E-state index < -0.39 is 0 Å². The van der Waals surface area contributed by atoms with Crippen molar-refractivity contribution in [1.29, 1.82) is 0 Å². The fraction of sp³-hybridized carbons (Fsp3) is 1.00. The first kappa shape index (κ1) is 10.4. The highest BCUT2D eigenvalue weighted by Crippen LogP contribution is 2.36.